The van der Waals surface area contributed by atoms with E-state index in [2.05, 4.69) is 4.74 Å². The molecule has 0 bridgehead atoms. The summed E-state index contributed by atoms with van der Waals surface area (Å²) in [6.45, 7) is 0. The highest BCUT2D eigenvalue weighted by molar-refractivity contribution is 6.04. The summed E-state index contributed by atoms with van der Waals surface area (Å²) in [6.07, 6.45) is -4.75. The Labute approximate surface area is 145 Å². The van der Waals surface area contributed by atoms with Gasteiger partial charge in [0.05, 0.1) is 5.39 Å². The van der Waals surface area contributed by atoms with E-state index < -0.39 is 6.36 Å². The Morgan fingerprint density at radius 2 is 1.58 bits per heavy atom. The lowest BCUT2D eigenvalue weighted by atomic mass is 10.1. The summed E-state index contributed by atoms with van der Waals surface area (Å²) < 4.78 is 46.5. The molecule has 6 heteroatoms. The van der Waals surface area contributed by atoms with Gasteiger partial charge >= 0.3 is 6.36 Å². The maximum atomic E-state index is 12.4. The first kappa shape index (κ1) is 16.2. The number of benzene rings is 3. The summed E-state index contributed by atoms with van der Waals surface area (Å²) in [5.41, 5.74) is 0.704. The predicted octanol–water partition coefficient (Wildman–Crippen LogP) is 5.51. The molecule has 0 fully saturated rings. The first-order valence-electron chi connectivity index (χ1n) is 7.72. The fourth-order valence-corrected chi connectivity index (χ4v) is 2.85. The maximum absolute atomic E-state index is 12.4. The van der Waals surface area contributed by atoms with E-state index in [9.17, 15) is 18.0 Å². The second kappa shape index (κ2) is 5.91. The van der Waals surface area contributed by atoms with Gasteiger partial charge in [-0.15, -0.1) is 13.2 Å². The molecule has 4 aromatic rings. The van der Waals surface area contributed by atoms with Gasteiger partial charge < -0.3 is 9.15 Å². The summed E-state index contributed by atoms with van der Waals surface area (Å²) in [5, 5.41) is 2.17. The van der Waals surface area contributed by atoms with Gasteiger partial charge in [0.2, 0.25) is 0 Å². The van der Waals surface area contributed by atoms with E-state index in [1.54, 1.807) is 6.07 Å². The molecule has 1 aromatic heterocycles. The molecule has 0 atom stereocenters. The van der Waals surface area contributed by atoms with Crippen LogP contribution in [0, 0.1) is 0 Å². The van der Waals surface area contributed by atoms with Crippen LogP contribution in [0.4, 0.5) is 13.2 Å². The zero-order valence-corrected chi connectivity index (χ0v) is 13.2. The van der Waals surface area contributed by atoms with E-state index in [1.165, 1.54) is 30.3 Å². The minimum Gasteiger partial charge on any atom is -0.455 e. The molecular formula is C20H11F3O3. The number of fused-ring (bicyclic) bond motifs is 3. The van der Waals surface area contributed by atoms with Crippen molar-refractivity contribution in [1.29, 1.82) is 0 Å². The number of hydrogen-bond donors (Lipinski definition) is 0. The van der Waals surface area contributed by atoms with Gasteiger partial charge in [-0.1, -0.05) is 30.3 Å². The van der Waals surface area contributed by atoms with Crippen molar-refractivity contribution in [3.63, 3.8) is 0 Å². The molecule has 4 rings (SSSR count). The minimum absolute atomic E-state index is 0.220. The molecule has 0 saturated heterocycles. The van der Waals surface area contributed by atoms with Crippen molar-refractivity contribution < 1.29 is 22.3 Å². The van der Waals surface area contributed by atoms with Crippen molar-refractivity contribution >= 4 is 21.7 Å². The molecule has 0 spiro atoms. The van der Waals surface area contributed by atoms with E-state index in [0.717, 1.165) is 10.8 Å². The highest BCUT2D eigenvalue weighted by Crippen LogP contribution is 2.30. The molecule has 0 aliphatic heterocycles. The Morgan fingerprint density at radius 1 is 0.846 bits per heavy atom. The molecule has 0 amide bonds. The highest BCUT2D eigenvalue weighted by atomic mass is 19.4. The molecule has 0 saturated carbocycles. The Hall–Kier alpha value is -3.28. The third kappa shape index (κ3) is 3.01. The molecule has 130 valence electrons. The fourth-order valence-electron chi connectivity index (χ4n) is 2.85. The van der Waals surface area contributed by atoms with Crippen molar-refractivity contribution in [2.24, 2.45) is 0 Å². The smallest absolute Gasteiger partial charge is 0.455 e. The monoisotopic (exact) mass is 356 g/mol. The quantitative estimate of drug-likeness (QED) is 0.445. The Kier molecular flexibility index (Phi) is 3.68. The number of hydrogen-bond acceptors (Lipinski definition) is 3. The van der Waals surface area contributed by atoms with Crippen LogP contribution in [0.15, 0.2) is 75.9 Å². The summed E-state index contributed by atoms with van der Waals surface area (Å²) in [7, 11) is 0. The van der Waals surface area contributed by atoms with Crippen molar-refractivity contribution in [3.8, 4) is 17.1 Å². The van der Waals surface area contributed by atoms with Crippen LogP contribution in [-0.4, -0.2) is 6.36 Å². The van der Waals surface area contributed by atoms with Crippen molar-refractivity contribution in [3.05, 3.63) is 77.0 Å². The molecular weight excluding hydrogens is 345 g/mol. The third-order valence-corrected chi connectivity index (χ3v) is 3.99. The zero-order valence-electron chi connectivity index (χ0n) is 13.2. The fraction of sp³-hybridized carbons (Fsp3) is 0.0500. The minimum atomic E-state index is -4.75. The molecule has 0 unspecified atom stereocenters. The average molecular weight is 356 g/mol. The van der Waals surface area contributed by atoms with E-state index in [-0.39, 0.29) is 16.9 Å². The van der Waals surface area contributed by atoms with Gasteiger partial charge in [-0.25, -0.2) is 0 Å². The number of halogens is 3. The Morgan fingerprint density at radius 3 is 2.31 bits per heavy atom. The third-order valence-electron chi connectivity index (χ3n) is 3.99. The average Bonchev–Trinajstić information content (AvgIpc) is 2.61. The summed E-state index contributed by atoms with van der Waals surface area (Å²) >= 11 is 0. The summed E-state index contributed by atoms with van der Waals surface area (Å²) in [4.78, 5) is 12.4. The van der Waals surface area contributed by atoms with Crippen molar-refractivity contribution in [2.45, 2.75) is 6.36 Å². The van der Waals surface area contributed by atoms with Gasteiger partial charge in [0.1, 0.15) is 17.1 Å². The van der Waals surface area contributed by atoms with Crippen molar-refractivity contribution in [1.82, 2.24) is 0 Å². The Bertz CT molecular complexity index is 1160. The van der Waals surface area contributed by atoms with Gasteiger partial charge in [-0.3, -0.25) is 4.79 Å². The molecule has 0 N–H and O–H groups in total. The molecule has 0 radical (unpaired) electrons. The molecule has 26 heavy (non-hydrogen) atoms. The second-order valence-electron chi connectivity index (χ2n) is 5.71. The first-order chi connectivity index (χ1) is 12.4. The largest absolute Gasteiger partial charge is 0.573 e. The zero-order chi connectivity index (χ0) is 18.3. The molecule has 3 aromatic carbocycles. The van der Waals surface area contributed by atoms with Gasteiger partial charge in [0, 0.05) is 17.0 Å². The van der Waals surface area contributed by atoms with E-state index >= 15 is 0 Å². The van der Waals surface area contributed by atoms with Crippen LogP contribution in [-0.2, 0) is 0 Å². The van der Waals surface area contributed by atoms with E-state index in [0.29, 0.717) is 16.5 Å². The summed E-state index contributed by atoms with van der Waals surface area (Å²) in [5.74, 6) is -0.0627. The molecule has 0 aliphatic carbocycles. The molecule has 0 aliphatic rings. The molecule has 1 heterocycles. The highest BCUT2D eigenvalue weighted by Gasteiger charge is 2.31. The normalized spacial score (nSPS) is 11.8. The number of rotatable bonds is 2. The lowest BCUT2D eigenvalue weighted by Gasteiger charge is -2.09. The van der Waals surface area contributed by atoms with Crippen LogP contribution >= 0.6 is 0 Å². The van der Waals surface area contributed by atoms with Crippen LogP contribution in [0.25, 0.3) is 33.1 Å². The standard InChI is InChI=1S/C20H11F3O3/c21-20(22,23)26-14-8-5-13(6-9-14)18-11-17(24)16-10-7-12-3-1-2-4-15(12)19(16)25-18/h1-11H. The SMILES string of the molecule is O=c1cc(-c2ccc(OC(F)(F)F)cc2)oc2c1ccc1ccccc12. The summed E-state index contributed by atoms with van der Waals surface area (Å²) in [6, 6.07) is 17.5. The lowest BCUT2D eigenvalue weighted by Crippen LogP contribution is -2.16. The Balaban J connectivity index is 1.84. The van der Waals surface area contributed by atoms with Gasteiger partial charge in [0.25, 0.3) is 0 Å². The first-order valence-corrected chi connectivity index (χ1v) is 7.72. The van der Waals surface area contributed by atoms with Crippen LogP contribution in [0.3, 0.4) is 0 Å². The van der Waals surface area contributed by atoms with Crippen LogP contribution in [0.5, 0.6) is 5.75 Å². The van der Waals surface area contributed by atoms with Crippen LogP contribution in [0.2, 0.25) is 0 Å². The second-order valence-corrected chi connectivity index (χ2v) is 5.71. The van der Waals surface area contributed by atoms with Gasteiger partial charge in [-0.2, -0.15) is 0 Å². The lowest BCUT2D eigenvalue weighted by molar-refractivity contribution is -0.274. The van der Waals surface area contributed by atoms with E-state index in [4.69, 9.17) is 4.42 Å². The van der Waals surface area contributed by atoms with Crippen molar-refractivity contribution in [2.75, 3.05) is 0 Å². The van der Waals surface area contributed by atoms with Gasteiger partial charge in [-0.05, 0) is 35.7 Å². The molecule has 3 nitrogen and oxygen atoms in total. The van der Waals surface area contributed by atoms with Crippen LogP contribution < -0.4 is 10.2 Å². The van der Waals surface area contributed by atoms with Gasteiger partial charge in [0.15, 0.2) is 5.43 Å². The maximum Gasteiger partial charge on any atom is 0.573 e. The topological polar surface area (TPSA) is 39.4 Å². The van der Waals surface area contributed by atoms with E-state index in [1.807, 2.05) is 30.3 Å². The number of ether oxygens (including phenoxy) is 1. The predicted molar refractivity (Wildman–Crippen MR) is 92.1 cm³/mol. The number of alkyl halides is 3. The van der Waals surface area contributed by atoms with Crippen LogP contribution in [0.1, 0.15) is 0 Å².